The zero-order chi connectivity index (χ0) is 18.5. The Hall–Kier alpha value is -2.44. The first-order valence-electron chi connectivity index (χ1n) is 8.88. The fraction of sp³-hybridized carbons (Fsp3) is 0.400. The SMILES string of the molecule is Cc1ccc(OCc2ccc(CN3CCN(C)CC3)cc2)cc1[N+](=O)[O-]. The van der Waals surface area contributed by atoms with Gasteiger partial charge in [0.2, 0.25) is 0 Å². The van der Waals surface area contributed by atoms with Gasteiger partial charge in [-0.2, -0.15) is 0 Å². The number of rotatable bonds is 6. The highest BCUT2D eigenvalue weighted by Gasteiger charge is 2.14. The van der Waals surface area contributed by atoms with Crippen molar-refractivity contribution in [1.82, 2.24) is 9.80 Å². The summed E-state index contributed by atoms with van der Waals surface area (Å²) in [7, 11) is 2.16. The fourth-order valence-electron chi connectivity index (χ4n) is 3.05. The fourth-order valence-corrected chi connectivity index (χ4v) is 3.05. The summed E-state index contributed by atoms with van der Waals surface area (Å²) in [6.07, 6.45) is 0. The molecule has 0 bridgehead atoms. The maximum absolute atomic E-state index is 11.0. The van der Waals surface area contributed by atoms with Gasteiger partial charge in [0.05, 0.1) is 11.0 Å². The first-order valence-corrected chi connectivity index (χ1v) is 8.88. The van der Waals surface area contributed by atoms with Gasteiger partial charge >= 0.3 is 0 Å². The van der Waals surface area contributed by atoms with Gasteiger partial charge in [0.1, 0.15) is 12.4 Å². The molecule has 1 aliphatic rings. The smallest absolute Gasteiger partial charge is 0.276 e. The van der Waals surface area contributed by atoms with Crippen molar-refractivity contribution in [1.29, 1.82) is 0 Å². The number of ether oxygens (including phenoxy) is 1. The van der Waals surface area contributed by atoms with Gasteiger partial charge in [0.15, 0.2) is 0 Å². The summed E-state index contributed by atoms with van der Waals surface area (Å²) < 4.78 is 5.72. The number of piperazine rings is 1. The second kappa shape index (κ2) is 8.29. The van der Waals surface area contributed by atoms with Crippen LogP contribution in [0, 0.1) is 17.0 Å². The monoisotopic (exact) mass is 355 g/mol. The molecule has 1 heterocycles. The molecule has 2 aromatic rings. The lowest BCUT2D eigenvalue weighted by Gasteiger charge is -2.32. The predicted octanol–water partition coefficient (Wildman–Crippen LogP) is 3.23. The van der Waals surface area contributed by atoms with Gasteiger partial charge in [-0.05, 0) is 37.2 Å². The average molecular weight is 355 g/mol. The van der Waals surface area contributed by atoms with Crippen LogP contribution < -0.4 is 4.74 Å². The Kier molecular flexibility index (Phi) is 5.85. The van der Waals surface area contributed by atoms with Crippen LogP contribution in [0.5, 0.6) is 5.75 Å². The Morgan fingerprint density at radius 2 is 1.69 bits per heavy atom. The number of hydrogen-bond donors (Lipinski definition) is 0. The van der Waals surface area contributed by atoms with Crippen molar-refractivity contribution in [3.8, 4) is 5.75 Å². The summed E-state index contributed by atoms with van der Waals surface area (Å²) in [5.41, 5.74) is 3.07. The van der Waals surface area contributed by atoms with Crippen molar-refractivity contribution in [3.05, 3.63) is 69.3 Å². The van der Waals surface area contributed by atoms with Crippen molar-refractivity contribution >= 4 is 5.69 Å². The van der Waals surface area contributed by atoms with Crippen LogP contribution in [-0.4, -0.2) is 47.9 Å². The van der Waals surface area contributed by atoms with Gasteiger partial charge in [0.25, 0.3) is 5.69 Å². The largest absolute Gasteiger partial charge is 0.489 e. The van der Waals surface area contributed by atoms with Crippen LogP contribution in [0.25, 0.3) is 0 Å². The molecule has 1 saturated heterocycles. The van der Waals surface area contributed by atoms with E-state index in [0.717, 1.165) is 38.3 Å². The topological polar surface area (TPSA) is 58.8 Å². The van der Waals surface area contributed by atoms with Crippen LogP contribution in [-0.2, 0) is 13.2 Å². The molecule has 6 nitrogen and oxygen atoms in total. The van der Waals surface area contributed by atoms with E-state index < -0.39 is 0 Å². The number of nitro groups is 1. The highest BCUT2D eigenvalue weighted by atomic mass is 16.6. The Balaban J connectivity index is 1.54. The van der Waals surface area contributed by atoms with E-state index in [2.05, 4.69) is 41.1 Å². The number of likely N-dealkylation sites (N-methyl/N-ethyl adjacent to an activating group) is 1. The lowest BCUT2D eigenvalue weighted by atomic mass is 10.1. The molecule has 6 heteroatoms. The van der Waals surface area contributed by atoms with Crippen LogP contribution in [0.1, 0.15) is 16.7 Å². The lowest BCUT2D eigenvalue weighted by molar-refractivity contribution is -0.385. The van der Waals surface area contributed by atoms with Gasteiger partial charge < -0.3 is 9.64 Å². The zero-order valence-corrected chi connectivity index (χ0v) is 15.4. The van der Waals surface area contributed by atoms with Gasteiger partial charge in [-0.3, -0.25) is 15.0 Å². The van der Waals surface area contributed by atoms with Crippen molar-refractivity contribution < 1.29 is 9.66 Å². The van der Waals surface area contributed by atoms with E-state index in [9.17, 15) is 10.1 Å². The van der Waals surface area contributed by atoms with Gasteiger partial charge in [0, 0.05) is 38.3 Å². The van der Waals surface area contributed by atoms with Crippen LogP contribution in [0.3, 0.4) is 0 Å². The quantitative estimate of drug-likeness (QED) is 0.588. The first kappa shape index (κ1) is 18.4. The third-order valence-electron chi connectivity index (χ3n) is 4.81. The zero-order valence-electron chi connectivity index (χ0n) is 15.4. The molecule has 1 fully saturated rings. The molecule has 138 valence electrons. The van der Waals surface area contributed by atoms with E-state index in [4.69, 9.17) is 4.74 Å². The molecule has 1 aliphatic heterocycles. The van der Waals surface area contributed by atoms with E-state index in [-0.39, 0.29) is 10.6 Å². The highest BCUT2D eigenvalue weighted by molar-refractivity contribution is 5.45. The van der Waals surface area contributed by atoms with Gasteiger partial charge in [-0.15, -0.1) is 0 Å². The minimum atomic E-state index is -0.380. The maximum atomic E-state index is 11.0. The Morgan fingerprint density at radius 3 is 2.35 bits per heavy atom. The van der Waals surface area contributed by atoms with Gasteiger partial charge in [-0.1, -0.05) is 24.3 Å². The number of benzene rings is 2. The van der Waals surface area contributed by atoms with Gasteiger partial charge in [-0.25, -0.2) is 0 Å². The van der Waals surface area contributed by atoms with Crippen LogP contribution in [0.4, 0.5) is 5.69 Å². The second-order valence-corrected chi connectivity index (χ2v) is 6.89. The number of aryl methyl sites for hydroxylation is 1. The third kappa shape index (κ3) is 4.80. The molecule has 3 rings (SSSR count). The highest BCUT2D eigenvalue weighted by Crippen LogP contribution is 2.24. The van der Waals surface area contributed by atoms with Crippen molar-refractivity contribution in [2.45, 2.75) is 20.1 Å². The normalized spacial score (nSPS) is 15.8. The summed E-state index contributed by atoms with van der Waals surface area (Å²) in [6.45, 7) is 7.54. The van der Waals surface area contributed by atoms with Crippen LogP contribution >= 0.6 is 0 Å². The molecule has 0 unspecified atom stereocenters. The van der Waals surface area contributed by atoms with Crippen molar-refractivity contribution in [3.63, 3.8) is 0 Å². The average Bonchev–Trinajstić information content (AvgIpc) is 2.64. The standard InChI is InChI=1S/C20H25N3O3/c1-16-3-8-19(13-20(16)23(24)25)26-15-18-6-4-17(5-7-18)14-22-11-9-21(2)10-12-22/h3-8,13H,9-12,14-15H2,1-2H3. The molecule has 0 saturated carbocycles. The molecule has 0 N–H and O–H groups in total. The number of nitrogens with zero attached hydrogens (tertiary/aromatic N) is 3. The Morgan fingerprint density at radius 1 is 1.04 bits per heavy atom. The summed E-state index contributed by atoms with van der Waals surface area (Å²) in [4.78, 5) is 15.5. The summed E-state index contributed by atoms with van der Waals surface area (Å²) >= 11 is 0. The molecular weight excluding hydrogens is 330 g/mol. The Labute approximate surface area is 154 Å². The molecule has 2 aromatic carbocycles. The molecule has 0 aliphatic carbocycles. The third-order valence-corrected chi connectivity index (χ3v) is 4.81. The van der Waals surface area contributed by atoms with Crippen LogP contribution in [0.15, 0.2) is 42.5 Å². The van der Waals surface area contributed by atoms with Crippen LogP contribution in [0.2, 0.25) is 0 Å². The van der Waals surface area contributed by atoms with E-state index in [1.165, 1.54) is 11.6 Å². The summed E-state index contributed by atoms with van der Waals surface area (Å²) in [5.74, 6) is 0.517. The Bertz CT molecular complexity index is 753. The molecule has 26 heavy (non-hydrogen) atoms. The maximum Gasteiger partial charge on any atom is 0.276 e. The number of hydrogen-bond acceptors (Lipinski definition) is 5. The number of nitro benzene ring substituents is 1. The van der Waals surface area contributed by atoms with E-state index in [1.54, 1.807) is 19.1 Å². The first-order chi connectivity index (χ1) is 12.5. The minimum Gasteiger partial charge on any atom is -0.489 e. The van der Waals surface area contributed by atoms with E-state index in [0.29, 0.717) is 17.9 Å². The molecule has 0 aromatic heterocycles. The molecule has 0 atom stereocenters. The molecule has 0 amide bonds. The van der Waals surface area contributed by atoms with E-state index >= 15 is 0 Å². The lowest BCUT2D eigenvalue weighted by Crippen LogP contribution is -2.43. The predicted molar refractivity (Wildman–Crippen MR) is 101 cm³/mol. The van der Waals surface area contributed by atoms with Crippen molar-refractivity contribution in [2.75, 3.05) is 33.2 Å². The molecule has 0 radical (unpaired) electrons. The minimum absolute atomic E-state index is 0.0880. The second-order valence-electron chi connectivity index (χ2n) is 6.89. The molecular formula is C20H25N3O3. The summed E-state index contributed by atoms with van der Waals surface area (Å²) in [6, 6.07) is 13.4. The molecule has 0 spiro atoms. The van der Waals surface area contributed by atoms with Crippen molar-refractivity contribution in [2.24, 2.45) is 0 Å². The summed E-state index contributed by atoms with van der Waals surface area (Å²) in [5, 5.41) is 11.0. The van der Waals surface area contributed by atoms with E-state index in [1.807, 2.05) is 0 Å².